The average molecular weight is 242 g/mol. The fourth-order valence-corrected chi connectivity index (χ4v) is 1.55. The monoisotopic (exact) mass is 242 g/mol. The van der Waals surface area contributed by atoms with E-state index in [0.717, 1.165) is 0 Å². The van der Waals surface area contributed by atoms with Crippen molar-refractivity contribution in [3.05, 3.63) is 54.1 Å². The van der Waals surface area contributed by atoms with Crippen LogP contribution in [0.4, 0.5) is 0 Å². The summed E-state index contributed by atoms with van der Waals surface area (Å²) >= 11 is 0. The first-order valence-corrected chi connectivity index (χ1v) is 5.74. The number of carbonyl (C=O) groups excluding carboxylic acids is 1. The first-order chi connectivity index (χ1) is 8.66. The molecule has 0 saturated carbocycles. The maximum atomic E-state index is 12.1. The van der Waals surface area contributed by atoms with Gasteiger partial charge < -0.3 is 4.74 Å². The smallest absolute Gasteiger partial charge is 0.213 e. The van der Waals surface area contributed by atoms with Crippen LogP contribution in [0.1, 0.15) is 29.9 Å². The van der Waals surface area contributed by atoms with Crippen LogP contribution in [0, 0.1) is 0 Å². The van der Waals surface area contributed by atoms with Crippen LogP contribution in [0.25, 0.3) is 0 Å². The number of hydrogen-bond donors (Lipinski definition) is 0. The summed E-state index contributed by atoms with van der Waals surface area (Å²) in [5.74, 6) is 0.525. The van der Waals surface area contributed by atoms with Gasteiger partial charge in [-0.05, 0) is 26.0 Å². The number of aromatic nitrogens is 2. The molecule has 4 heteroatoms. The molecular weight excluding hydrogens is 228 g/mol. The van der Waals surface area contributed by atoms with E-state index in [1.165, 1.54) is 18.6 Å². The lowest BCUT2D eigenvalue weighted by molar-refractivity contribution is 0.103. The van der Waals surface area contributed by atoms with Gasteiger partial charge in [0.05, 0.1) is 12.3 Å². The Labute approximate surface area is 106 Å². The van der Waals surface area contributed by atoms with E-state index in [-0.39, 0.29) is 11.9 Å². The second-order valence-electron chi connectivity index (χ2n) is 4.11. The molecule has 0 bridgehead atoms. The molecule has 0 saturated heterocycles. The summed E-state index contributed by atoms with van der Waals surface area (Å²) < 4.78 is 5.55. The predicted octanol–water partition coefficient (Wildman–Crippen LogP) is 2.49. The highest BCUT2D eigenvalue weighted by molar-refractivity contribution is 6.07. The molecule has 0 amide bonds. The molecule has 0 aliphatic carbocycles. The minimum Gasteiger partial charge on any atom is -0.491 e. The lowest BCUT2D eigenvalue weighted by atomic mass is 10.1. The Hall–Kier alpha value is -2.23. The van der Waals surface area contributed by atoms with Gasteiger partial charge in [0.1, 0.15) is 11.4 Å². The summed E-state index contributed by atoms with van der Waals surface area (Å²) in [7, 11) is 0. The minimum absolute atomic E-state index is 0.0758. The van der Waals surface area contributed by atoms with Crippen LogP contribution in [0.5, 0.6) is 5.75 Å². The largest absolute Gasteiger partial charge is 0.491 e. The predicted molar refractivity (Wildman–Crippen MR) is 67.7 cm³/mol. The van der Waals surface area contributed by atoms with E-state index in [1.54, 1.807) is 18.2 Å². The molecule has 2 aromatic rings. The second-order valence-corrected chi connectivity index (χ2v) is 4.11. The fraction of sp³-hybridized carbons (Fsp3) is 0.214. The molecular formula is C14H14N2O2. The molecule has 1 heterocycles. The minimum atomic E-state index is -0.155. The fourth-order valence-electron chi connectivity index (χ4n) is 1.55. The highest BCUT2D eigenvalue weighted by Crippen LogP contribution is 2.16. The van der Waals surface area contributed by atoms with Gasteiger partial charge in [0.15, 0.2) is 0 Å². The average Bonchev–Trinajstić information content (AvgIpc) is 2.38. The zero-order valence-corrected chi connectivity index (χ0v) is 10.3. The Morgan fingerprint density at radius 2 is 2.11 bits per heavy atom. The van der Waals surface area contributed by atoms with Crippen molar-refractivity contribution in [2.24, 2.45) is 0 Å². The van der Waals surface area contributed by atoms with E-state index >= 15 is 0 Å². The van der Waals surface area contributed by atoms with Crippen LogP contribution >= 0.6 is 0 Å². The van der Waals surface area contributed by atoms with Crippen LogP contribution in [-0.4, -0.2) is 21.9 Å². The molecule has 1 aromatic carbocycles. The van der Waals surface area contributed by atoms with Crippen LogP contribution < -0.4 is 4.74 Å². The number of ether oxygens (including phenoxy) is 1. The van der Waals surface area contributed by atoms with Gasteiger partial charge in [0.25, 0.3) is 0 Å². The van der Waals surface area contributed by atoms with Crippen LogP contribution in [-0.2, 0) is 0 Å². The number of hydrogen-bond acceptors (Lipinski definition) is 4. The van der Waals surface area contributed by atoms with E-state index in [2.05, 4.69) is 9.97 Å². The summed E-state index contributed by atoms with van der Waals surface area (Å²) in [5, 5.41) is 0. The Kier molecular flexibility index (Phi) is 3.67. The van der Waals surface area contributed by atoms with E-state index in [9.17, 15) is 4.79 Å². The molecule has 0 radical (unpaired) electrons. The van der Waals surface area contributed by atoms with Gasteiger partial charge in [-0.25, -0.2) is 4.98 Å². The molecule has 4 nitrogen and oxygen atoms in total. The zero-order chi connectivity index (χ0) is 13.0. The number of carbonyl (C=O) groups is 1. The van der Waals surface area contributed by atoms with Crippen LogP contribution in [0.2, 0.25) is 0 Å². The Balaban J connectivity index is 2.26. The highest BCUT2D eigenvalue weighted by atomic mass is 16.5. The molecule has 92 valence electrons. The molecule has 0 aliphatic heterocycles. The van der Waals surface area contributed by atoms with E-state index in [1.807, 2.05) is 19.9 Å². The summed E-state index contributed by atoms with van der Waals surface area (Å²) in [5.41, 5.74) is 0.882. The third kappa shape index (κ3) is 2.91. The lowest BCUT2D eigenvalue weighted by Crippen LogP contribution is -2.08. The summed E-state index contributed by atoms with van der Waals surface area (Å²) in [6, 6.07) is 7.08. The van der Waals surface area contributed by atoms with E-state index in [0.29, 0.717) is 17.0 Å². The number of benzene rings is 1. The van der Waals surface area contributed by atoms with Crippen molar-refractivity contribution >= 4 is 5.78 Å². The van der Waals surface area contributed by atoms with Crippen LogP contribution in [0.3, 0.4) is 0 Å². The first-order valence-electron chi connectivity index (χ1n) is 5.74. The summed E-state index contributed by atoms with van der Waals surface area (Å²) in [4.78, 5) is 20.0. The molecule has 0 N–H and O–H groups in total. The second kappa shape index (κ2) is 5.40. The van der Waals surface area contributed by atoms with Gasteiger partial charge in [0, 0.05) is 18.0 Å². The lowest BCUT2D eigenvalue weighted by Gasteiger charge is -2.10. The standard InChI is InChI=1S/C14H14N2O2/c1-10(2)18-12-5-3-4-11(8-12)14(17)13-9-15-6-7-16-13/h3-10H,1-2H3. The molecule has 0 atom stereocenters. The normalized spacial score (nSPS) is 10.4. The van der Waals surface area contributed by atoms with Crippen LogP contribution in [0.15, 0.2) is 42.9 Å². The Bertz CT molecular complexity index is 539. The molecule has 0 unspecified atom stereocenters. The Morgan fingerprint density at radius 1 is 1.28 bits per heavy atom. The van der Waals surface area contributed by atoms with Crippen molar-refractivity contribution in [1.82, 2.24) is 9.97 Å². The molecule has 1 aromatic heterocycles. The van der Waals surface area contributed by atoms with Crippen molar-refractivity contribution < 1.29 is 9.53 Å². The Morgan fingerprint density at radius 3 is 2.78 bits per heavy atom. The molecule has 0 fully saturated rings. The zero-order valence-electron chi connectivity index (χ0n) is 10.3. The van der Waals surface area contributed by atoms with Gasteiger partial charge in [0.2, 0.25) is 5.78 Å². The quantitative estimate of drug-likeness (QED) is 0.773. The van der Waals surface area contributed by atoms with Crippen molar-refractivity contribution in [3.63, 3.8) is 0 Å². The summed E-state index contributed by atoms with van der Waals surface area (Å²) in [6.45, 7) is 3.88. The topological polar surface area (TPSA) is 52.1 Å². The maximum Gasteiger partial charge on any atom is 0.213 e. The van der Waals surface area contributed by atoms with E-state index < -0.39 is 0 Å². The molecule has 18 heavy (non-hydrogen) atoms. The highest BCUT2D eigenvalue weighted by Gasteiger charge is 2.11. The van der Waals surface area contributed by atoms with Gasteiger partial charge in [-0.2, -0.15) is 0 Å². The van der Waals surface area contributed by atoms with Crippen molar-refractivity contribution in [2.45, 2.75) is 20.0 Å². The summed E-state index contributed by atoms with van der Waals surface area (Å²) in [6.07, 6.45) is 4.57. The van der Waals surface area contributed by atoms with Gasteiger partial charge in [-0.1, -0.05) is 12.1 Å². The maximum absolute atomic E-state index is 12.1. The van der Waals surface area contributed by atoms with Crippen molar-refractivity contribution in [1.29, 1.82) is 0 Å². The number of ketones is 1. The van der Waals surface area contributed by atoms with Gasteiger partial charge in [-0.15, -0.1) is 0 Å². The third-order valence-corrected chi connectivity index (χ3v) is 2.26. The van der Waals surface area contributed by atoms with Crippen molar-refractivity contribution in [3.8, 4) is 5.75 Å². The molecule has 0 spiro atoms. The van der Waals surface area contributed by atoms with Gasteiger partial charge >= 0.3 is 0 Å². The molecule has 2 rings (SSSR count). The molecule has 0 aliphatic rings. The van der Waals surface area contributed by atoms with Gasteiger partial charge in [-0.3, -0.25) is 9.78 Å². The van der Waals surface area contributed by atoms with Crippen molar-refractivity contribution in [2.75, 3.05) is 0 Å². The van der Waals surface area contributed by atoms with E-state index in [4.69, 9.17) is 4.74 Å². The number of rotatable bonds is 4. The number of nitrogens with zero attached hydrogens (tertiary/aromatic N) is 2. The first kappa shape index (κ1) is 12.2. The third-order valence-electron chi connectivity index (χ3n) is 2.26. The SMILES string of the molecule is CC(C)Oc1cccc(C(=O)c2cnccn2)c1.